The number of rotatable bonds is 4. The lowest BCUT2D eigenvalue weighted by molar-refractivity contribution is 0.0691. The first-order valence-electron chi connectivity index (χ1n) is 8.70. The van der Waals surface area contributed by atoms with Crippen LogP contribution in [0.4, 0.5) is 0 Å². The van der Waals surface area contributed by atoms with Crippen molar-refractivity contribution in [1.82, 2.24) is 9.38 Å². The van der Waals surface area contributed by atoms with Gasteiger partial charge in [-0.15, -0.1) is 0 Å². The Bertz CT molecular complexity index is 1200. The fourth-order valence-electron chi connectivity index (χ4n) is 2.85. The maximum atomic E-state index is 11.4. The molecule has 0 aliphatic rings. The molecular weight excluding hydrogens is 352 g/mol. The van der Waals surface area contributed by atoms with Crippen molar-refractivity contribution < 1.29 is 14.6 Å². The summed E-state index contributed by atoms with van der Waals surface area (Å²) in [6.45, 7) is 0.116. The number of nitrogens with zero attached hydrogens (tertiary/aromatic N) is 2. The van der Waals surface area contributed by atoms with Crippen molar-refractivity contribution in [3.8, 4) is 17.6 Å². The van der Waals surface area contributed by atoms with E-state index in [1.54, 1.807) is 18.2 Å². The van der Waals surface area contributed by atoms with Crippen molar-refractivity contribution in [3.05, 3.63) is 102 Å². The summed E-state index contributed by atoms with van der Waals surface area (Å²) in [6.07, 6.45) is 1.89. The first-order chi connectivity index (χ1) is 13.7. The summed E-state index contributed by atoms with van der Waals surface area (Å²) in [6, 6.07) is 21.9. The number of aromatic nitrogens is 2. The molecule has 136 valence electrons. The van der Waals surface area contributed by atoms with Crippen LogP contribution in [0.2, 0.25) is 0 Å². The van der Waals surface area contributed by atoms with Gasteiger partial charge in [0, 0.05) is 11.8 Å². The molecule has 0 unspecified atom stereocenters. The number of ether oxygens (including phenoxy) is 1. The molecule has 4 rings (SSSR count). The average Bonchev–Trinajstić information content (AvgIpc) is 3.09. The van der Waals surface area contributed by atoms with Gasteiger partial charge in [-0.2, -0.15) is 0 Å². The molecule has 28 heavy (non-hydrogen) atoms. The van der Waals surface area contributed by atoms with Gasteiger partial charge in [0.1, 0.15) is 35.0 Å². The Morgan fingerprint density at radius 2 is 1.71 bits per heavy atom. The van der Waals surface area contributed by atoms with Crippen LogP contribution in [0.5, 0.6) is 5.75 Å². The van der Waals surface area contributed by atoms with Crippen LogP contribution >= 0.6 is 0 Å². The van der Waals surface area contributed by atoms with Crippen molar-refractivity contribution >= 4 is 11.6 Å². The second-order valence-corrected chi connectivity index (χ2v) is 6.04. The summed E-state index contributed by atoms with van der Waals surface area (Å²) < 4.78 is 7.68. The molecule has 5 nitrogen and oxygen atoms in total. The van der Waals surface area contributed by atoms with Crippen LogP contribution in [0.1, 0.15) is 27.3 Å². The molecule has 2 aromatic carbocycles. The summed E-state index contributed by atoms with van der Waals surface area (Å²) in [5.41, 5.74) is 3.13. The lowest BCUT2D eigenvalue weighted by Crippen LogP contribution is -2.04. The lowest BCUT2D eigenvalue weighted by atomic mass is 10.2. The quantitative estimate of drug-likeness (QED) is 0.553. The van der Waals surface area contributed by atoms with Gasteiger partial charge in [-0.25, -0.2) is 9.78 Å². The Labute approximate surface area is 161 Å². The van der Waals surface area contributed by atoms with Crippen molar-refractivity contribution in [2.75, 3.05) is 0 Å². The van der Waals surface area contributed by atoms with Crippen molar-refractivity contribution in [2.45, 2.75) is 6.61 Å². The number of carbonyl (C=O) groups is 1. The normalized spacial score (nSPS) is 10.3. The zero-order chi connectivity index (χ0) is 19.3. The zero-order valence-corrected chi connectivity index (χ0v) is 14.9. The summed E-state index contributed by atoms with van der Waals surface area (Å²) in [7, 11) is 0. The standard InChI is InChI=1S/C23H16N2O3/c26-23(27)18-10-4-5-11-21(18)28-16-19-20(14-13-17-8-2-1-3-9-17)25-15-7-6-12-22(25)24-19/h1-12,15H,16H2,(H,26,27). The van der Waals surface area contributed by atoms with Gasteiger partial charge in [0.2, 0.25) is 0 Å². The maximum Gasteiger partial charge on any atom is 0.339 e. The molecule has 1 N–H and O–H groups in total. The molecule has 0 aliphatic heterocycles. The molecular formula is C23H16N2O3. The fourth-order valence-corrected chi connectivity index (χ4v) is 2.85. The number of aromatic carboxylic acids is 1. The summed E-state index contributed by atoms with van der Waals surface area (Å²) >= 11 is 0. The monoisotopic (exact) mass is 368 g/mol. The third-order valence-corrected chi connectivity index (χ3v) is 4.18. The number of fused-ring (bicyclic) bond motifs is 1. The smallest absolute Gasteiger partial charge is 0.339 e. The van der Waals surface area contributed by atoms with Crippen LogP contribution in [-0.4, -0.2) is 20.5 Å². The second-order valence-electron chi connectivity index (χ2n) is 6.04. The molecule has 0 atom stereocenters. The van der Waals surface area contributed by atoms with Crippen LogP contribution in [0, 0.1) is 11.8 Å². The van der Waals surface area contributed by atoms with Gasteiger partial charge in [-0.3, -0.25) is 4.40 Å². The van der Waals surface area contributed by atoms with Crippen LogP contribution in [0.3, 0.4) is 0 Å². The van der Waals surface area contributed by atoms with E-state index in [1.807, 2.05) is 59.1 Å². The molecule has 0 saturated heterocycles. The van der Waals surface area contributed by atoms with Crippen molar-refractivity contribution in [3.63, 3.8) is 0 Å². The summed E-state index contributed by atoms with van der Waals surface area (Å²) in [4.78, 5) is 16.0. The molecule has 2 heterocycles. The van der Waals surface area contributed by atoms with Crippen LogP contribution in [0.15, 0.2) is 79.0 Å². The molecule has 5 heteroatoms. The molecule has 0 aliphatic carbocycles. The molecule has 0 amide bonds. The highest BCUT2D eigenvalue weighted by Gasteiger charge is 2.14. The molecule has 0 radical (unpaired) electrons. The number of para-hydroxylation sites is 1. The Morgan fingerprint density at radius 3 is 2.54 bits per heavy atom. The molecule has 0 fully saturated rings. The minimum atomic E-state index is -1.03. The van der Waals surface area contributed by atoms with Crippen molar-refractivity contribution in [2.24, 2.45) is 0 Å². The van der Waals surface area contributed by atoms with Crippen LogP contribution in [-0.2, 0) is 6.61 Å². The van der Waals surface area contributed by atoms with E-state index in [1.165, 1.54) is 6.07 Å². The Morgan fingerprint density at radius 1 is 0.964 bits per heavy atom. The first-order valence-corrected chi connectivity index (χ1v) is 8.70. The predicted octanol–water partition coefficient (Wildman–Crippen LogP) is 4.01. The fraction of sp³-hybridized carbons (Fsp3) is 0.0435. The maximum absolute atomic E-state index is 11.4. The molecule has 0 bridgehead atoms. The Balaban J connectivity index is 1.70. The van der Waals surface area contributed by atoms with Gasteiger partial charge in [-0.1, -0.05) is 42.3 Å². The van der Waals surface area contributed by atoms with E-state index >= 15 is 0 Å². The first kappa shape index (κ1) is 17.4. The van der Waals surface area contributed by atoms with E-state index in [-0.39, 0.29) is 12.2 Å². The predicted molar refractivity (Wildman–Crippen MR) is 105 cm³/mol. The van der Waals surface area contributed by atoms with E-state index in [9.17, 15) is 9.90 Å². The highest BCUT2D eigenvalue weighted by atomic mass is 16.5. The van der Waals surface area contributed by atoms with E-state index in [0.29, 0.717) is 17.1 Å². The molecule has 4 aromatic rings. The molecule has 0 spiro atoms. The van der Waals surface area contributed by atoms with Gasteiger partial charge in [0.15, 0.2) is 0 Å². The van der Waals surface area contributed by atoms with Gasteiger partial charge >= 0.3 is 5.97 Å². The topological polar surface area (TPSA) is 63.8 Å². The number of imidazole rings is 1. The molecule has 0 saturated carbocycles. The lowest BCUT2D eigenvalue weighted by Gasteiger charge is -2.07. The number of pyridine rings is 1. The third-order valence-electron chi connectivity index (χ3n) is 4.18. The van der Waals surface area contributed by atoms with E-state index < -0.39 is 5.97 Å². The Hall–Kier alpha value is -4.04. The van der Waals surface area contributed by atoms with Crippen LogP contribution < -0.4 is 4.74 Å². The molecule has 2 aromatic heterocycles. The van der Waals surface area contributed by atoms with E-state index in [2.05, 4.69) is 16.8 Å². The number of carboxylic acid groups (broad SMARTS) is 1. The minimum absolute atomic E-state index is 0.114. The highest BCUT2D eigenvalue weighted by molar-refractivity contribution is 5.90. The van der Waals surface area contributed by atoms with Gasteiger partial charge in [0.05, 0.1) is 0 Å². The number of benzene rings is 2. The highest BCUT2D eigenvalue weighted by Crippen LogP contribution is 2.20. The van der Waals surface area contributed by atoms with E-state index in [0.717, 1.165) is 11.2 Å². The van der Waals surface area contributed by atoms with Gasteiger partial charge in [0.25, 0.3) is 0 Å². The zero-order valence-electron chi connectivity index (χ0n) is 14.9. The van der Waals surface area contributed by atoms with Gasteiger partial charge in [-0.05, 0) is 42.3 Å². The van der Waals surface area contributed by atoms with E-state index in [4.69, 9.17) is 4.74 Å². The minimum Gasteiger partial charge on any atom is -0.486 e. The van der Waals surface area contributed by atoms with Gasteiger partial charge < -0.3 is 9.84 Å². The average molecular weight is 368 g/mol. The summed E-state index contributed by atoms with van der Waals surface area (Å²) in [5, 5.41) is 9.32. The number of hydrogen-bond acceptors (Lipinski definition) is 3. The number of hydrogen-bond donors (Lipinski definition) is 1. The van der Waals surface area contributed by atoms with Crippen LogP contribution in [0.25, 0.3) is 5.65 Å². The second kappa shape index (κ2) is 7.68. The largest absolute Gasteiger partial charge is 0.486 e. The SMILES string of the molecule is O=C(O)c1ccccc1OCc1nc2ccccn2c1C#Cc1ccccc1. The third kappa shape index (κ3) is 3.57. The number of carboxylic acids is 1. The van der Waals surface area contributed by atoms with Crippen molar-refractivity contribution in [1.29, 1.82) is 0 Å². The summed E-state index contributed by atoms with van der Waals surface area (Å²) in [5.74, 6) is 5.59. The Kier molecular flexibility index (Phi) is 4.77.